The Hall–Kier alpha value is -1.89. The molecule has 0 aromatic carbocycles. The minimum absolute atomic E-state index is 0.0922. The molecule has 1 saturated heterocycles. The van der Waals surface area contributed by atoms with Crippen LogP contribution in [0.5, 0.6) is 11.9 Å². The van der Waals surface area contributed by atoms with E-state index >= 15 is 0 Å². The minimum atomic E-state index is -0.297. The van der Waals surface area contributed by atoms with Gasteiger partial charge in [-0.3, -0.25) is 4.79 Å². The van der Waals surface area contributed by atoms with Crippen LogP contribution in [0.15, 0.2) is 6.07 Å². The zero-order valence-electron chi connectivity index (χ0n) is 11.0. The van der Waals surface area contributed by atoms with Crippen LogP contribution in [0, 0.1) is 0 Å². The average Bonchev–Trinajstić information content (AvgIpc) is 2.97. The summed E-state index contributed by atoms with van der Waals surface area (Å²) in [6, 6.07) is 1.56. The first-order chi connectivity index (χ1) is 9.22. The number of methoxy groups -OCH3 is 2. The highest BCUT2D eigenvalue weighted by molar-refractivity contribution is 5.92. The van der Waals surface area contributed by atoms with Gasteiger partial charge in [0, 0.05) is 19.2 Å². The summed E-state index contributed by atoms with van der Waals surface area (Å²) in [5.74, 6) is -0.0105. The summed E-state index contributed by atoms with van der Waals surface area (Å²) in [4.78, 5) is 19.9. The van der Waals surface area contributed by atoms with E-state index in [-0.39, 0.29) is 29.6 Å². The first kappa shape index (κ1) is 13.5. The SMILES string of the molecule is COc1cc(C(=O)NC[C@@H]2CCCO2)nc(OC)n1. The van der Waals surface area contributed by atoms with Crippen LogP contribution in [-0.2, 0) is 4.74 Å². The van der Waals surface area contributed by atoms with Crippen LogP contribution in [-0.4, -0.2) is 49.4 Å². The van der Waals surface area contributed by atoms with Gasteiger partial charge in [-0.2, -0.15) is 9.97 Å². The van der Waals surface area contributed by atoms with E-state index in [9.17, 15) is 4.79 Å². The molecule has 0 saturated carbocycles. The van der Waals surface area contributed by atoms with E-state index < -0.39 is 0 Å². The monoisotopic (exact) mass is 267 g/mol. The van der Waals surface area contributed by atoms with Crippen molar-refractivity contribution in [1.82, 2.24) is 15.3 Å². The maximum Gasteiger partial charge on any atom is 0.320 e. The molecule has 1 amide bonds. The molecule has 1 N–H and O–H groups in total. The van der Waals surface area contributed by atoms with Gasteiger partial charge >= 0.3 is 6.01 Å². The first-order valence-electron chi connectivity index (χ1n) is 6.10. The third kappa shape index (κ3) is 3.54. The van der Waals surface area contributed by atoms with Gasteiger partial charge in [0.05, 0.1) is 20.3 Å². The number of aromatic nitrogens is 2. The van der Waals surface area contributed by atoms with E-state index in [4.69, 9.17) is 14.2 Å². The first-order valence-corrected chi connectivity index (χ1v) is 6.10. The maximum absolute atomic E-state index is 12.0. The molecule has 0 radical (unpaired) electrons. The van der Waals surface area contributed by atoms with Crippen LogP contribution in [0.4, 0.5) is 0 Å². The third-order valence-electron chi connectivity index (χ3n) is 2.82. The standard InChI is InChI=1S/C12H17N3O4/c1-17-10-6-9(14-12(15-10)18-2)11(16)13-7-8-4-3-5-19-8/h6,8H,3-5,7H2,1-2H3,(H,13,16)/t8-/m0/s1. The molecule has 0 spiro atoms. The molecule has 0 unspecified atom stereocenters. The summed E-state index contributed by atoms with van der Waals surface area (Å²) in [6.45, 7) is 1.24. The van der Waals surface area contributed by atoms with Crippen molar-refractivity contribution in [3.05, 3.63) is 11.8 Å². The highest BCUT2D eigenvalue weighted by Gasteiger charge is 2.18. The normalized spacial score (nSPS) is 18.1. The Morgan fingerprint density at radius 1 is 1.47 bits per heavy atom. The number of hydrogen-bond donors (Lipinski definition) is 1. The second kappa shape index (κ2) is 6.33. The van der Waals surface area contributed by atoms with Crippen LogP contribution in [0.2, 0.25) is 0 Å². The lowest BCUT2D eigenvalue weighted by atomic mass is 10.2. The van der Waals surface area contributed by atoms with Crippen LogP contribution in [0.25, 0.3) is 0 Å². The lowest BCUT2D eigenvalue weighted by molar-refractivity contribution is 0.0852. The van der Waals surface area contributed by atoms with Crippen LogP contribution in [0.1, 0.15) is 23.3 Å². The van der Waals surface area contributed by atoms with Crippen molar-refractivity contribution in [2.45, 2.75) is 18.9 Å². The van der Waals surface area contributed by atoms with E-state index in [2.05, 4.69) is 15.3 Å². The summed E-state index contributed by atoms with van der Waals surface area (Å²) in [6.07, 6.45) is 2.10. The minimum Gasteiger partial charge on any atom is -0.481 e. The van der Waals surface area contributed by atoms with Gasteiger partial charge in [-0.15, -0.1) is 0 Å². The van der Waals surface area contributed by atoms with E-state index in [1.54, 1.807) is 0 Å². The number of hydrogen-bond acceptors (Lipinski definition) is 6. The molecule has 2 rings (SSSR count). The molecule has 1 aliphatic heterocycles. The summed E-state index contributed by atoms with van der Waals surface area (Å²) in [5.41, 5.74) is 0.210. The fourth-order valence-electron chi connectivity index (χ4n) is 1.82. The summed E-state index contributed by atoms with van der Waals surface area (Å²) < 4.78 is 15.3. The van der Waals surface area contributed by atoms with Gasteiger partial charge in [-0.05, 0) is 12.8 Å². The van der Waals surface area contributed by atoms with E-state index in [0.717, 1.165) is 19.4 Å². The lowest BCUT2D eigenvalue weighted by Gasteiger charge is -2.11. The van der Waals surface area contributed by atoms with Gasteiger partial charge in [-0.25, -0.2) is 0 Å². The van der Waals surface area contributed by atoms with E-state index in [1.807, 2.05) is 0 Å². The largest absolute Gasteiger partial charge is 0.481 e. The fraction of sp³-hybridized carbons (Fsp3) is 0.583. The average molecular weight is 267 g/mol. The van der Waals surface area contributed by atoms with Gasteiger partial charge in [0.25, 0.3) is 5.91 Å². The van der Waals surface area contributed by atoms with Crippen LogP contribution < -0.4 is 14.8 Å². The number of carbonyl (C=O) groups excluding carboxylic acids is 1. The highest BCUT2D eigenvalue weighted by atomic mass is 16.5. The van der Waals surface area contributed by atoms with Crippen molar-refractivity contribution in [3.63, 3.8) is 0 Å². The predicted molar refractivity (Wildman–Crippen MR) is 66.4 cm³/mol. The van der Waals surface area contributed by atoms with Crippen molar-refractivity contribution in [2.75, 3.05) is 27.4 Å². The molecule has 7 nitrogen and oxygen atoms in total. The fourth-order valence-corrected chi connectivity index (χ4v) is 1.82. The molecule has 1 aromatic heterocycles. The Kier molecular flexibility index (Phi) is 4.51. The molecular weight excluding hydrogens is 250 g/mol. The molecule has 2 heterocycles. The molecular formula is C12H17N3O4. The van der Waals surface area contributed by atoms with Crippen molar-refractivity contribution < 1.29 is 19.0 Å². The number of ether oxygens (including phenoxy) is 3. The molecule has 19 heavy (non-hydrogen) atoms. The molecule has 1 aliphatic rings. The van der Waals surface area contributed by atoms with Crippen LogP contribution >= 0.6 is 0 Å². The molecule has 1 aromatic rings. The second-order valence-electron chi connectivity index (χ2n) is 4.13. The summed E-state index contributed by atoms with van der Waals surface area (Å²) in [7, 11) is 2.90. The van der Waals surface area contributed by atoms with Crippen LogP contribution in [0.3, 0.4) is 0 Å². The van der Waals surface area contributed by atoms with Gasteiger partial charge < -0.3 is 19.5 Å². The predicted octanol–water partition coefficient (Wildman–Crippen LogP) is 0.403. The summed E-state index contributed by atoms with van der Waals surface area (Å²) in [5, 5.41) is 2.78. The van der Waals surface area contributed by atoms with Gasteiger partial charge in [0.2, 0.25) is 5.88 Å². The molecule has 7 heteroatoms. The zero-order chi connectivity index (χ0) is 13.7. The number of nitrogens with zero attached hydrogens (tertiary/aromatic N) is 2. The van der Waals surface area contributed by atoms with E-state index in [0.29, 0.717) is 6.54 Å². The van der Waals surface area contributed by atoms with Crippen molar-refractivity contribution in [2.24, 2.45) is 0 Å². The second-order valence-corrected chi connectivity index (χ2v) is 4.13. The molecule has 0 aliphatic carbocycles. The number of carbonyl (C=O) groups is 1. The highest BCUT2D eigenvalue weighted by Crippen LogP contribution is 2.14. The van der Waals surface area contributed by atoms with E-state index in [1.165, 1.54) is 20.3 Å². The topological polar surface area (TPSA) is 82.6 Å². The number of rotatable bonds is 5. The quantitative estimate of drug-likeness (QED) is 0.831. The van der Waals surface area contributed by atoms with Crippen molar-refractivity contribution in [3.8, 4) is 11.9 Å². The Balaban J connectivity index is 2.00. The smallest absolute Gasteiger partial charge is 0.320 e. The molecule has 1 atom stereocenters. The molecule has 0 bridgehead atoms. The molecule has 1 fully saturated rings. The van der Waals surface area contributed by atoms with Gasteiger partial charge in [0.15, 0.2) is 0 Å². The lowest BCUT2D eigenvalue weighted by Crippen LogP contribution is -2.32. The third-order valence-corrected chi connectivity index (χ3v) is 2.82. The number of amides is 1. The Bertz CT molecular complexity index is 424. The van der Waals surface area contributed by atoms with Crippen molar-refractivity contribution >= 4 is 5.91 Å². The molecule has 104 valence electrons. The maximum atomic E-state index is 12.0. The van der Waals surface area contributed by atoms with Gasteiger partial charge in [-0.1, -0.05) is 0 Å². The summed E-state index contributed by atoms with van der Waals surface area (Å²) >= 11 is 0. The Morgan fingerprint density at radius 3 is 2.95 bits per heavy atom. The number of nitrogens with one attached hydrogen (secondary N) is 1. The zero-order valence-corrected chi connectivity index (χ0v) is 11.0. The van der Waals surface area contributed by atoms with Crippen molar-refractivity contribution in [1.29, 1.82) is 0 Å². The Morgan fingerprint density at radius 2 is 2.32 bits per heavy atom. The Labute approximate surface area is 111 Å². The van der Waals surface area contributed by atoms with Gasteiger partial charge in [0.1, 0.15) is 5.69 Å².